The van der Waals surface area contributed by atoms with Crippen LogP contribution < -0.4 is 5.32 Å². The number of aryl methyl sites for hydroxylation is 1. The van der Waals surface area contributed by atoms with Crippen LogP contribution >= 0.6 is 0 Å². The fourth-order valence-corrected chi connectivity index (χ4v) is 2.65. The molecule has 0 bridgehead atoms. The van der Waals surface area contributed by atoms with Crippen LogP contribution in [0.4, 0.5) is 0 Å². The van der Waals surface area contributed by atoms with Crippen molar-refractivity contribution in [1.82, 2.24) is 14.7 Å². The first-order valence-corrected chi connectivity index (χ1v) is 7.96. The molecule has 4 nitrogen and oxygen atoms in total. The minimum Gasteiger partial charge on any atom is -0.349 e. The van der Waals surface area contributed by atoms with Crippen LogP contribution in [-0.4, -0.2) is 15.3 Å². The fourth-order valence-electron chi connectivity index (χ4n) is 2.65. The smallest absolute Gasteiger partial charge is 0.226 e. The van der Waals surface area contributed by atoms with Gasteiger partial charge in [-0.3, -0.25) is 4.79 Å². The van der Waals surface area contributed by atoms with Crippen LogP contribution in [0.1, 0.15) is 36.7 Å². The Labute approximate surface area is 136 Å². The molecule has 0 aliphatic carbocycles. The van der Waals surface area contributed by atoms with Gasteiger partial charge in [0.1, 0.15) is 5.65 Å². The van der Waals surface area contributed by atoms with Crippen molar-refractivity contribution in [3.63, 3.8) is 0 Å². The van der Waals surface area contributed by atoms with Crippen molar-refractivity contribution in [3.05, 3.63) is 71.7 Å². The van der Waals surface area contributed by atoms with Crippen molar-refractivity contribution in [3.8, 4) is 0 Å². The van der Waals surface area contributed by atoms with E-state index in [2.05, 4.69) is 41.5 Å². The molecule has 1 unspecified atom stereocenters. The zero-order chi connectivity index (χ0) is 16.2. The number of nitrogens with zero attached hydrogens (tertiary/aromatic N) is 2. The van der Waals surface area contributed by atoms with Gasteiger partial charge in [-0.15, -0.1) is 0 Å². The Morgan fingerprint density at radius 1 is 1.22 bits per heavy atom. The van der Waals surface area contributed by atoms with E-state index in [-0.39, 0.29) is 11.9 Å². The number of aromatic nitrogens is 2. The van der Waals surface area contributed by atoms with Gasteiger partial charge in [0.25, 0.3) is 0 Å². The van der Waals surface area contributed by atoms with Crippen LogP contribution in [0.2, 0.25) is 0 Å². The number of hydrogen-bond acceptors (Lipinski definition) is 2. The zero-order valence-electron chi connectivity index (χ0n) is 13.5. The first-order chi connectivity index (χ1) is 11.2. The predicted molar refractivity (Wildman–Crippen MR) is 91.3 cm³/mol. The molecule has 1 atom stereocenters. The second-order valence-corrected chi connectivity index (χ2v) is 5.76. The number of fused-ring (bicyclic) bond motifs is 1. The first-order valence-electron chi connectivity index (χ1n) is 7.96. The molecule has 1 N–H and O–H groups in total. The molecule has 23 heavy (non-hydrogen) atoms. The topological polar surface area (TPSA) is 46.4 Å². The Hall–Kier alpha value is -2.62. The summed E-state index contributed by atoms with van der Waals surface area (Å²) in [5.41, 5.74) is 4.06. The van der Waals surface area contributed by atoms with Gasteiger partial charge in [0.2, 0.25) is 5.91 Å². The number of amides is 1. The highest BCUT2D eigenvalue weighted by atomic mass is 16.1. The normalized spacial score (nSPS) is 12.3. The molecule has 3 rings (SSSR count). The maximum Gasteiger partial charge on any atom is 0.226 e. The van der Waals surface area contributed by atoms with E-state index < -0.39 is 0 Å². The van der Waals surface area contributed by atoms with Crippen molar-refractivity contribution in [2.24, 2.45) is 0 Å². The maximum absolute atomic E-state index is 12.2. The molecule has 0 aliphatic rings. The summed E-state index contributed by atoms with van der Waals surface area (Å²) in [4.78, 5) is 16.7. The molecule has 1 aromatic carbocycles. The van der Waals surface area contributed by atoms with Gasteiger partial charge in [-0.2, -0.15) is 0 Å². The number of hydrogen-bond donors (Lipinski definition) is 1. The monoisotopic (exact) mass is 307 g/mol. The summed E-state index contributed by atoms with van der Waals surface area (Å²) < 4.78 is 1.93. The number of carbonyl (C=O) groups is 1. The Bertz CT molecular complexity index is 772. The number of imidazole rings is 1. The summed E-state index contributed by atoms with van der Waals surface area (Å²) in [5, 5.41) is 3.04. The van der Waals surface area contributed by atoms with Crippen LogP contribution in [0.5, 0.6) is 0 Å². The quantitative estimate of drug-likeness (QED) is 0.786. The molecule has 118 valence electrons. The van der Waals surface area contributed by atoms with Gasteiger partial charge < -0.3 is 9.72 Å². The summed E-state index contributed by atoms with van der Waals surface area (Å²) in [6, 6.07) is 14.2. The molecule has 3 aromatic rings. The van der Waals surface area contributed by atoms with Gasteiger partial charge >= 0.3 is 0 Å². The number of rotatable bonds is 5. The molecule has 2 aromatic heterocycles. The van der Waals surface area contributed by atoms with Crippen LogP contribution in [0.15, 0.2) is 54.9 Å². The molecular formula is C19H21N3O. The van der Waals surface area contributed by atoms with Crippen molar-refractivity contribution >= 4 is 11.6 Å². The third kappa shape index (κ3) is 3.59. The molecule has 2 heterocycles. The lowest BCUT2D eigenvalue weighted by Gasteiger charge is -2.14. The summed E-state index contributed by atoms with van der Waals surface area (Å²) in [5.74, 6) is -0.0134. The summed E-state index contributed by atoms with van der Waals surface area (Å²) in [6.45, 7) is 4.14. The second-order valence-electron chi connectivity index (χ2n) is 5.76. The molecule has 0 saturated heterocycles. The molecule has 0 fully saturated rings. The second kappa shape index (κ2) is 6.65. The van der Waals surface area contributed by atoms with E-state index in [1.165, 1.54) is 5.56 Å². The Balaban J connectivity index is 1.63. The molecule has 1 amide bonds. The van der Waals surface area contributed by atoms with Crippen LogP contribution in [-0.2, 0) is 17.6 Å². The van der Waals surface area contributed by atoms with Gasteiger partial charge in [-0.1, -0.05) is 37.3 Å². The van der Waals surface area contributed by atoms with Gasteiger partial charge in [-0.25, -0.2) is 4.98 Å². The molecule has 0 radical (unpaired) electrons. The van der Waals surface area contributed by atoms with Gasteiger partial charge in [0.15, 0.2) is 0 Å². The van der Waals surface area contributed by atoms with Crippen molar-refractivity contribution in [2.45, 2.75) is 32.7 Å². The predicted octanol–water partition coefficient (Wildman–Crippen LogP) is 3.32. The summed E-state index contributed by atoms with van der Waals surface area (Å²) in [6.07, 6.45) is 5.14. The minimum absolute atomic E-state index is 0.00885. The summed E-state index contributed by atoms with van der Waals surface area (Å²) >= 11 is 0. The van der Waals surface area contributed by atoms with E-state index in [0.717, 1.165) is 23.3 Å². The zero-order valence-corrected chi connectivity index (χ0v) is 13.5. The highest BCUT2D eigenvalue weighted by Gasteiger charge is 2.12. The standard InChI is InChI=1S/C19H21N3O/c1-3-15-7-9-16(10-8-15)14(2)20-19(23)12-17-13-22-11-5-4-6-18(22)21-17/h4-11,13-14H,3,12H2,1-2H3,(H,20,23). The molecular weight excluding hydrogens is 286 g/mol. The average Bonchev–Trinajstić information content (AvgIpc) is 2.96. The lowest BCUT2D eigenvalue weighted by atomic mass is 10.0. The van der Waals surface area contributed by atoms with E-state index in [0.29, 0.717) is 6.42 Å². The van der Waals surface area contributed by atoms with Crippen molar-refractivity contribution in [2.75, 3.05) is 0 Å². The largest absolute Gasteiger partial charge is 0.349 e. The lowest BCUT2D eigenvalue weighted by molar-refractivity contribution is -0.121. The van der Waals surface area contributed by atoms with E-state index in [9.17, 15) is 4.79 Å². The molecule has 0 spiro atoms. The van der Waals surface area contributed by atoms with Gasteiger partial charge in [-0.05, 0) is 36.6 Å². The molecule has 0 saturated carbocycles. The Kier molecular flexibility index (Phi) is 4.42. The third-order valence-electron chi connectivity index (χ3n) is 4.02. The Morgan fingerprint density at radius 3 is 2.70 bits per heavy atom. The van der Waals surface area contributed by atoms with Gasteiger partial charge in [0.05, 0.1) is 18.2 Å². The molecule has 0 aliphatic heterocycles. The maximum atomic E-state index is 12.2. The first kappa shape index (κ1) is 15.3. The van der Waals surface area contributed by atoms with E-state index in [1.807, 2.05) is 41.9 Å². The highest BCUT2D eigenvalue weighted by Crippen LogP contribution is 2.14. The number of nitrogens with one attached hydrogen (secondary N) is 1. The SMILES string of the molecule is CCc1ccc(C(C)NC(=O)Cc2cn3ccccc3n2)cc1. The summed E-state index contributed by atoms with van der Waals surface area (Å²) in [7, 11) is 0. The number of carbonyl (C=O) groups excluding carboxylic acids is 1. The van der Waals surface area contributed by atoms with Crippen LogP contribution in [0.3, 0.4) is 0 Å². The van der Waals surface area contributed by atoms with E-state index in [4.69, 9.17) is 0 Å². The van der Waals surface area contributed by atoms with E-state index in [1.54, 1.807) is 0 Å². The van der Waals surface area contributed by atoms with Crippen LogP contribution in [0, 0.1) is 0 Å². The third-order valence-corrected chi connectivity index (χ3v) is 4.02. The number of benzene rings is 1. The number of pyridine rings is 1. The fraction of sp³-hybridized carbons (Fsp3) is 0.263. The van der Waals surface area contributed by atoms with Gasteiger partial charge in [0, 0.05) is 12.4 Å². The highest BCUT2D eigenvalue weighted by molar-refractivity contribution is 5.78. The minimum atomic E-state index is -0.0134. The van der Waals surface area contributed by atoms with Crippen molar-refractivity contribution in [1.29, 1.82) is 0 Å². The van der Waals surface area contributed by atoms with E-state index >= 15 is 0 Å². The Morgan fingerprint density at radius 2 is 2.00 bits per heavy atom. The van der Waals surface area contributed by atoms with Crippen LogP contribution in [0.25, 0.3) is 5.65 Å². The van der Waals surface area contributed by atoms with Crippen molar-refractivity contribution < 1.29 is 4.79 Å². The molecule has 4 heteroatoms. The average molecular weight is 307 g/mol. The lowest BCUT2D eigenvalue weighted by Crippen LogP contribution is -2.28.